The molecule has 0 aromatic rings. The Labute approximate surface area is 462 Å². The molecule has 1 nitrogen and oxygen atoms in total. The lowest BCUT2D eigenvalue weighted by atomic mass is 10.2. The van der Waals surface area contributed by atoms with E-state index >= 15 is 0 Å². The summed E-state index contributed by atoms with van der Waals surface area (Å²) in [5.41, 5.74) is 0. The maximum Gasteiger partial charge on any atom is -0.0533 e. The molecule has 0 amide bonds. The number of hydrogen-bond acceptors (Lipinski definition) is 0. The van der Waals surface area contributed by atoms with Crippen LogP contribution in [-0.4, -0.2) is 5.48 Å². The van der Waals surface area contributed by atoms with Gasteiger partial charge in [-0.05, 0) is 0 Å². The van der Waals surface area contributed by atoms with Crippen LogP contribution in [0.5, 0.6) is 0 Å². The monoisotopic (exact) mass is 1020 g/mol. The van der Waals surface area contributed by atoms with Crippen molar-refractivity contribution in [3.05, 3.63) is 0 Å². The Bertz CT molecular complexity index is 366. The van der Waals surface area contributed by atoms with Crippen LogP contribution < -0.4 is 0 Å². The average Bonchev–Trinajstić information content (AvgIpc) is 3.37. The van der Waals surface area contributed by atoms with Crippen LogP contribution in [0.15, 0.2) is 0 Å². The van der Waals surface area contributed by atoms with E-state index in [1.165, 1.54) is 321 Å². The standard InChI is InChI=1S/10C7H16.H2O/c10*1-3-5-7-6-4-2;/h10*3-7H2,1-2H3;1H2. The molecule has 0 radical (unpaired) electrons. The van der Waals surface area contributed by atoms with Crippen LogP contribution in [0.1, 0.15) is 460 Å². The highest BCUT2D eigenvalue weighted by Crippen LogP contribution is 2.05. The quantitative estimate of drug-likeness (QED) is 0.0548. The van der Waals surface area contributed by atoms with E-state index in [4.69, 9.17) is 0 Å². The maximum atomic E-state index is 2.25. The van der Waals surface area contributed by atoms with Gasteiger partial charge in [0.1, 0.15) is 0 Å². The summed E-state index contributed by atoms with van der Waals surface area (Å²) >= 11 is 0. The van der Waals surface area contributed by atoms with E-state index < -0.39 is 0 Å². The molecule has 71 heavy (non-hydrogen) atoms. The van der Waals surface area contributed by atoms with E-state index in [0.717, 1.165) is 0 Å². The van der Waals surface area contributed by atoms with Crippen molar-refractivity contribution >= 4 is 0 Å². The molecule has 0 saturated carbocycles. The van der Waals surface area contributed by atoms with E-state index in [9.17, 15) is 0 Å². The zero-order chi connectivity index (χ0) is 55.4. The highest BCUT2D eigenvalue weighted by atomic mass is 16.0. The number of hydrogen-bond donors (Lipinski definition) is 0. The van der Waals surface area contributed by atoms with Crippen LogP contribution in [0.25, 0.3) is 0 Å². The Kier molecular flexibility index (Phi) is 181. The van der Waals surface area contributed by atoms with Gasteiger partial charge >= 0.3 is 0 Å². The van der Waals surface area contributed by atoms with Gasteiger partial charge in [-0.25, -0.2) is 0 Å². The van der Waals surface area contributed by atoms with Crippen molar-refractivity contribution in [1.29, 1.82) is 0 Å². The molecule has 0 unspecified atom stereocenters. The molecule has 0 aromatic heterocycles. The van der Waals surface area contributed by atoms with Gasteiger partial charge in [0.05, 0.1) is 0 Å². The summed E-state index contributed by atoms with van der Waals surface area (Å²) in [5.74, 6) is 0. The van der Waals surface area contributed by atoms with Gasteiger partial charge in [-0.3, -0.25) is 0 Å². The van der Waals surface area contributed by atoms with Crippen LogP contribution in [0.3, 0.4) is 0 Å². The molecular weight excluding hydrogens is 857 g/mol. The molecular formula is C70H162O. The molecule has 0 saturated heterocycles. The topological polar surface area (TPSA) is 31.5 Å². The number of unbranched alkanes of at least 4 members (excludes halogenated alkanes) is 40. The molecule has 0 aromatic carbocycles. The normalized spacial score (nSPS) is 9.30. The van der Waals surface area contributed by atoms with Gasteiger partial charge in [0.2, 0.25) is 0 Å². The first-order chi connectivity index (χ1) is 34.1. The van der Waals surface area contributed by atoms with Crippen molar-refractivity contribution in [3.8, 4) is 0 Å². The lowest BCUT2D eigenvalue weighted by molar-refractivity contribution is 0.656. The zero-order valence-corrected chi connectivity index (χ0v) is 55.9. The third kappa shape index (κ3) is 202. The van der Waals surface area contributed by atoms with Crippen LogP contribution in [0.4, 0.5) is 0 Å². The Morgan fingerprint density at radius 3 is 0.155 bits per heavy atom. The zero-order valence-electron chi connectivity index (χ0n) is 55.9. The second-order valence-corrected chi connectivity index (χ2v) is 20.6. The third-order valence-electron chi connectivity index (χ3n) is 12.1. The van der Waals surface area contributed by atoms with Crippen molar-refractivity contribution in [2.24, 2.45) is 0 Å². The van der Waals surface area contributed by atoms with Crippen LogP contribution in [0.2, 0.25) is 0 Å². The minimum absolute atomic E-state index is 0. The fraction of sp³-hybridized carbons (Fsp3) is 1.00. The van der Waals surface area contributed by atoms with Gasteiger partial charge in [-0.15, -0.1) is 0 Å². The maximum absolute atomic E-state index is 2.25. The lowest BCUT2D eigenvalue weighted by Crippen LogP contribution is -1.70. The van der Waals surface area contributed by atoms with Crippen molar-refractivity contribution in [2.45, 2.75) is 460 Å². The highest BCUT2D eigenvalue weighted by molar-refractivity contribution is 4.41. The van der Waals surface area contributed by atoms with E-state index in [1.54, 1.807) is 0 Å². The first-order valence-electron chi connectivity index (χ1n) is 34.1. The van der Waals surface area contributed by atoms with Crippen LogP contribution in [0, 0.1) is 0 Å². The second kappa shape index (κ2) is 133. The SMILES string of the molecule is CCCCCCC.CCCCCCC.CCCCCCC.CCCCCCC.CCCCCCC.CCCCCCC.CCCCCCC.CCCCCCC.CCCCCCC.CCCCCCC.O. The Hall–Kier alpha value is -0.0400. The highest BCUT2D eigenvalue weighted by Gasteiger charge is 1.85. The molecule has 0 heterocycles. The molecule has 0 rings (SSSR count). The Morgan fingerprint density at radius 2 is 0.127 bits per heavy atom. The predicted octanol–water partition coefficient (Wildman–Crippen LogP) is 28.9. The fourth-order valence-electron chi connectivity index (χ4n) is 6.77. The summed E-state index contributed by atoms with van der Waals surface area (Å²) in [6.45, 7) is 44.9. The van der Waals surface area contributed by atoms with E-state index in [2.05, 4.69) is 138 Å². The molecule has 0 aliphatic heterocycles. The number of rotatable bonds is 40. The van der Waals surface area contributed by atoms with Gasteiger partial charge < -0.3 is 5.48 Å². The molecule has 0 bridgehead atoms. The van der Waals surface area contributed by atoms with Gasteiger partial charge in [0, 0.05) is 0 Å². The summed E-state index contributed by atoms with van der Waals surface area (Å²) in [7, 11) is 0. The summed E-state index contributed by atoms with van der Waals surface area (Å²) in [6, 6.07) is 0. The Balaban J connectivity index is -0.0000000625. The predicted molar refractivity (Wildman–Crippen MR) is 348 cm³/mol. The van der Waals surface area contributed by atoms with Crippen LogP contribution in [-0.2, 0) is 0 Å². The minimum Gasteiger partial charge on any atom is -0.412 e. The summed E-state index contributed by atoms with van der Waals surface area (Å²) < 4.78 is 0. The molecule has 2 N–H and O–H groups in total. The minimum atomic E-state index is 0. The first kappa shape index (κ1) is 96.6. The fourth-order valence-corrected chi connectivity index (χ4v) is 6.77. The molecule has 0 aliphatic rings. The lowest BCUT2D eigenvalue weighted by Gasteiger charge is -1.90. The summed E-state index contributed by atoms with van der Waals surface area (Å²) in [5, 5.41) is 0. The summed E-state index contributed by atoms with van der Waals surface area (Å²) in [4.78, 5) is 0. The smallest absolute Gasteiger partial charge is 0.0533 e. The molecule has 0 aliphatic carbocycles. The van der Waals surface area contributed by atoms with Crippen molar-refractivity contribution < 1.29 is 5.48 Å². The van der Waals surface area contributed by atoms with E-state index in [-0.39, 0.29) is 5.48 Å². The third-order valence-corrected chi connectivity index (χ3v) is 12.1. The van der Waals surface area contributed by atoms with Crippen LogP contribution >= 0.6 is 0 Å². The molecule has 0 spiro atoms. The van der Waals surface area contributed by atoms with Gasteiger partial charge in [0.15, 0.2) is 0 Å². The molecule has 448 valence electrons. The summed E-state index contributed by atoms with van der Waals surface area (Å²) in [6.07, 6.45) is 70.1. The molecule has 0 atom stereocenters. The molecule has 1 heteroatoms. The average molecular weight is 1020 g/mol. The van der Waals surface area contributed by atoms with Gasteiger partial charge in [-0.2, -0.15) is 0 Å². The van der Waals surface area contributed by atoms with Gasteiger partial charge in [0.25, 0.3) is 0 Å². The molecule has 0 fully saturated rings. The van der Waals surface area contributed by atoms with E-state index in [0.29, 0.717) is 0 Å². The van der Waals surface area contributed by atoms with E-state index in [1.807, 2.05) is 0 Å². The largest absolute Gasteiger partial charge is 0.412 e. The van der Waals surface area contributed by atoms with Gasteiger partial charge in [-0.1, -0.05) is 460 Å². The Morgan fingerprint density at radius 1 is 0.0845 bits per heavy atom. The second-order valence-electron chi connectivity index (χ2n) is 20.6. The van der Waals surface area contributed by atoms with Crippen molar-refractivity contribution in [2.75, 3.05) is 0 Å². The van der Waals surface area contributed by atoms with Crippen molar-refractivity contribution in [3.63, 3.8) is 0 Å². The first-order valence-corrected chi connectivity index (χ1v) is 34.1. The van der Waals surface area contributed by atoms with Crippen molar-refractivity contribution in [1.82, 2.24) is 0 Å².